The van der Waals surface area contributed by atoms with E-state index in [4.69, 9.17) is 37.0 Å². The van der Waals surface area contributed by atoms with Crippen LogP contribution in [-0.2, 0) is 65.4 Å². The minimum Gasteiger partial charge on any atom is -0.462 e. The van der Waals surface area contributed by atoms with Crippen molar-refractivity contribution in [2.24, 2.45) is 0 Å². The van der Waals surface area contributed by atoms with E-state index in [0.29, 0.717) is 25.7 Å². The van der Waals surface area contributed by atoms with E-state index >= 15 is 0 Å². The van der Waals surface area contributed by atoms with Crippen LogP contribution < -0.4 is 0 Å². The number of ether oxygens (including phenoxy) is 4. The van der Waals surface area contributed by atoms with E-state index < -0.39 is 97.5 Å². The standard InChI is InChI=1S/C93H158O17P2/c1-5-9-13-17-21-25-29-33-37-40-43-46-50-53-57-61-65-69-73-77-90(95)103-83-88(109-92(97)79-75-71-67-63-59-55-49-36-32-28-24-20-16-12-8-4)85-107-111(99,100)105-81-87(94)82-106-112(101,102)108-86-89(110-93(98)80-76-72-68-64-60-56-52-48-45-42-39-35-31-27-23-19-15-11-7-3)84-104-91(96)78-74-70-66-62-58-54-51-47-44-41-38-34-30-26-22-18-14-10-6-2/h12,16,21-28,33-39,43-49,87-89,94H,5-11,13-15,17-20,29-32,40-42,50-86H2,1-4H3,(H,99,100)(H,101,102)/b16-12-,25-21-,26-22-,27-23-,28-24-,37-33-,38-34-,39-35-,46-43-,47-44-,48-45-,49-36-. The van der Waals surface area contributed by atoms with E-state index in [1.54, 1.807) is 0 Å². The number of hydrogen-bond acceptors (Lipinski definition) is 15. The second-order valence-electron chi connectivity index (χ2n) is 29.1. The Morgan fingerprint density at radius 1 is 0.259 bits per heavy atom. The summed E-state index contributed by atoms with van der Waals surface area (Å²) in [5.74, 6) is -2.23. The van der Waals surface area contributed by atoms with E-state index in [1.165, 1.54) is 57.8 Å². The van der Waals surface area contributed by atoms with Gasteiger partial charge in [-0.15, -0.1) is 0 Å². The lowest BCUT2D eigenvalue weighted by molar-refractivity contribution is -0.161. The largest absolute Gasteiger partial charge is 0.472 e. The van der Waals surface area contributed by atoms with E-state index in [9.17, 15) is 43.2 Å². The summed E-state index contributed by atoms with van der Waals surface area (Å²) < 4.78 is 68.9. The summed E-state index contributed by atoms with van der Waals surface area (Å²) in [6, 6.07) is 0. The van der Waals surface area contributed by atoms with Crippen LogP contribution in [0.3, 0.4) is 0 Å². The average molecular weight is 1610 g/mol. The first kappa shape index (κ1) is 107. The summed E-state index contributed by atoms with van der Waals surface area (Å²) >= 11 is 0. The molecule has 0 bridgehead atoms. The zero-order valence-electron chi connectivity index (χ0n) is 70.6. The van der Waals surface area contributed by atoms with Gasteiger partial charge >= 0.3 is 39.5 Å². The first-order valence-corrected chi connectivity index (χ1v) is 47.1. The summed E-state index contributed by atoms with van der Waals surface area (Å²) in [5, 5.41) is 10.7. The van der Waals surface area contributed by atoms with E-state index in [0.717, 1.165) is 225 Å². The lowest BCUT2D eigenvalue weighted by atomic mass is 10.1. The van der Waals surface area contributed by atoms with Crippen molar-refractivity contribution < 1.29 is 80.2 Å². The molecule has 642 valence electrons. The summed E-state index contributed by atoms with van der Waals surface area (Å²) in [5.41, 5.74) is 0. The highest BCUT2D eigenvalue weighted by Crippen LogP contribution is 2.45. The molecule has 0 aliphatic carbocycles. The van der Waals surface area contributed by atoms with Gasteiger partial charge in [0.1, 0.15) is 19.3 Å². The number of phosphoric ester groups is 2. The van der Waals surface area contributed by atoms with Gasteiger partial charge in [-0.1, -0.05) is 308 Å². The van der Waals surface area contributed by atoms with Gasteiger partial charge in [-0.2, -0.15) is 0 Å². The Hall–Kier alpha value is -5.06. The molecule has 3 N–H and O–H groups in total. The zero-order chi connectivity index (χ0) is 81.7. The molecule has 0 radical (unpaired) electrons. The van der Waals surface area contributed by atoms with Crippen molar-refractivity contribution in [3.05, 3.63) is 146 Å². The Kier molecular flexibility index (Phi) is 80.1. The third kappa shape index (κ3) is 82.9. The minimum atomic E-state index is -5.00. The number of allylic oxidation sites excluding steroid dienone is 24. The molecule has 0 saturated carbocycles. The van der Waals surface area contributed by atoms with Crippen molar-refractivity contribution in [2.75, 3.05) is 39.6 Å². The molecule has 19 heteroatoms. The van der Waals surface area contributed by atoms with Gasteiger partial charge in [0.25, 0.3) is 0 Å². The van der Waals surface area contributed by atoms with Crippen molar-refractivity contribution >= 4 is 39.5 Å². The second kappa shape index (κ2) is 83.9. The first-order chi connectivity index (χ1) is 54.7. The van der Waals surface area contributed by atoms with Crippen LogP contribution in [0.15, 0.2) is 146 Å². The Bertz CT molecular complexity index is 2690. The zero-order valence-corrected chi connectivity index (χ0v) is 72.3. The van der Waals surface area contributed by atoms with Crippen molar-refractivity contribution in [3.8, 4) is 0 Å². The van der Waals surface area contributed by atoms with Crippen LogP contribution in [0.4, 0.5) is 0 Å². The summed E-state index contributed by atoms with van der Waals surface area (Å²) in [4.78, 5) is 73.4. The maximum absolute atomic E-state index is 13.2. The molecule has 0 amide bonds. The third-order valence-electron chi connectivity index (χ3n) is 18.3. The lowest BCUT2D eigenvalue weighted by Crippen LogP contribution is -2.30. The van der Waals surface area contributed by atoms with Crippen molar-refractivity contribution in [1.82, 2.24) is 0 Å². The van der Waals surface area contributed by atoms with Crippen molar-refractivity contribution in [2.45, 2.75) is 380 Å². The van der Waals surface area contributed by atoms with Gasteiger partial charge < -0.3 is 33.8 Å². The number of carbonyl (C=O) groups is 4. The molecular formula is C93H158O17P2. The Morgan fingerprint density at radius 2 is 0.464 bits per heavy atom. The average Bonchev–Trinajstić information content (AvgIpc) is 0.907. The number of carbonyl (C=O) groups excluding carboxylic acids is 4. The van der Waals surface area contributed by atoms with Gasteiger partial charge in [-0.3, -0.25) is 37.3 Å². The first-order valence-electron chi connectivity index (χ1n) is 44.1. The quantitative estimate of drug-likeness (QED) is 0.0169. The van der Waals surface area contributed by atoms with Gasteiger partial charge in [0.15, 0.2) is 12.2 Å². The van der Waals surface area contributed by atoms with E-state index in [1.807, 2.05) is 0 Å². The highest BCUT2D eigenvalue weighted by molar-refractivity contribution is 7.47. The minimum absolute atomic E-state index is 0.0687. The van der Waals surface area contributed by atoms with Gasteiger partial charge in [0, 0.05) is 25.7 Å². The van der Waals surface area contributed by atoms with Crippen LogP contribution in [0.5, 0.6) is 0 Å². The molecule has 5 unspecified atom stereocenters. The number of hydrogen-bond donors (Lipinski definition) is 3. The number of aliphatic hydroxyl groups excluding tert-OH is 1. The van der Waals surface area contributed by atoms with Gasteiger partial charge in [-0.25, -0.2) is 9.13 Å². The SMILES string of the molecule is CC/C=C\C/C=C\C/C=C\CCCCCCCC(=O)OC(COC(=O)CCCCCCCC/C=C\C/C=C\C/C=C\CCCCC)COP(=O)(O)OCC(O)COP(=O)(O)OCC(COC(=O)CCCCCCCC/C=C\C/C=C\C/C=C\CCCCC)OC(=O)CCCCCCCC/C=C\C/C=C\C/C=C\CCCCC. The summed E-state index contributed by atoms with van der Waals surface area (Å²) in [6.45, 7) is 4.66. The fourth-order valence-corrected chi connectivity index (χ4v) is 13.1. The smallest absolute Gasteiger partial charge is 0.462 e. The van der Waals surface area contributed by atoms with Crippen LogP contribution >= 0.6 is 15.6 Å². The van der Waals surface area contributed by atoms with E-state index in [-0.39, 0.29) is 25.7 Å². The Balaban J connectivity index is 5.43. The molecule has 0 heterocycles. The van der Waals surface area contributed by atoms with Gasteiger partial charge in [-0.05, 0) is 173 Å². The molecule has 5 atom stereocenters. The van der Waals surface area contributed by atoms with Crippen molar-refractivity contribution in [3.63, 3.8) is 0 Å². The predicted octanol–water partition coefficient (Wildman–Crippen LogP) is 26.6. The van der Waals surface area contributed by atoms with Crippen LogP contribution in [0.25, 0.3) is 0 Å². The number of rotatable bonds is 82. The molecule has 0 aromatic rings. The number of aliphatic hydroxyl groups is 1. The van der Waals surface area contributed by atoms with Crippen LogP contribution in [0.2, 0.25) is 0 Å². The predicted molar refractivity (Wildman–Crippen MR) is 464 cm³/mol. The Labute approximate surface area is 681 Å². The Morgan fingerprint density at radius 3 is 0.714 bits per heavy atom. The van der Waals surface area contributed by atoms with Gasteiger partial charge in [0.2, 0.25) is 0 Å². The lowest BCUT2D eigenvalue weighted by Gasteiger charge is -2.21. The summed E-state index contributed by atoms with van der Waals surface area (Å²) in [7, 11) is -9.99. The molecule has 0 aliphatic rings. The second-order valence-corrected chi connectivity index (χ2v) is 32.0. The number of unbranched alkanes of at least 4 members (excludes halogenated alkanes) is 32. The maximum atomic E-state index is 13.2. The molecule has 0 aromatic carbocycles. The van der Waals surface area contributed by atoms with Gasteiger partial charge in [0.05, 0.1) is 26.4 Å². The molecule has 112 heavy (non-hydrogen) atoms. The highest BCUT2D eigenvalue weighted by atomic mass is 31.2. The molecule has 0 saturated heterocycles. The molecule has 17 nitrogen and oxygen atoms in total. The molecule has 0 rings (SSSR count). The fourth-order valence-electron chi connectivity index (χ4n) is 11.5. The van der Waals surface area contributed by atoms with Crippen LogP contribution in [-0.4, -0.2) is 96.7 Å². The van der Waals surface area contributed by atoms with Crippen LogP contribution in [0, 0.1) is 0 Å². The molecule has 0 aliphatic heterocycles. The fraction of sp³-hybridized carbons (Fsp3) is 0.699. The monoisotopic (exact) mass is 1610 g/mol. The third-order valence-corrected chi connectivity index (χ3v) is 20.2. The number of phosphoric acid groups is 2. The molecule has 0 fully saturated rings. The topological polar surface area (TPSA) is 237 Å². The van der Waals surface area contributed by atoms with Crippen LogP contribution in [0.1, 0.15) is 362 Å². The summed E-state index contributed by atoms with van der Waals surface area (Å²) in [6.07, 6.45) is 97.9. The normalized spacial score (nSPS) is 14.5. The molecule has 0 spiro atoms. The van der Waals surface area contributed by atoms with Crippen molar-refractivity contribution in [1.29, 1.82) is 0 Å². The van der Waals surface area contributed by atoms with E-state index in [2.05, 4.69) is 174 Å². The molecular weight excluding hydrogens is 1450 g/mol. The molecule has 0 aromatic heterocycles. The maximum Gasteiger partial charge on any atom is 0.472 e. The highest BCUT2D eigenvalue weighted by Gasteiger charge is 2.30. The number of esters is 4.